The van der Waals surface area contributed by atoms with Crippen LogP contribution < -0.4 is 10.1 Å². The number of aliphatic imine (C=N–C) groups is 1. The van der Waals surface area contributed by atoms with E-state index in [0.717, 1.165) is 11.4 Å². The Morgan fingerprint density at radius 2 is 2.26 bits per heavy atom. The van der Waals surface area contributed by atoms with Crippen molar-refractivity contribution in [2.45, 2.75) is 19.1 Å². The van der Waals surface area contributed by atoms with Gasteiger partial charge >= 0.3 is 0 Å². The smallest absolute Gasteiger partial charge is 0.145 e. The van der Waals surface area contributed by atoms with Gasteiger partial charge < -0.3 is 10.1 Å². The molecule has 0 radical (unpaired) electrons. The highest BCUT2D eigenvalue weighted by molar-refractivity contribution is 7.10. The molecular formula is C15H16N2OS. The molecule has 0 aliphatic carbocycles. The molecule has 0 spiro atoms. The topological polar surface area (TPSA) is 33.6 Å². The highest BCUT2D eigenvalue weighted by Crippen LogP contribution is 2.35. The van der Waals surface area contributed by atoms with Gasteiger partial charge in [-0.05, 0) is 43.1 Å². The van der Waals surface area contributed by atoms with E-state index in [4.69, 9.17) is 4.74 Å². The van der Waals surface area contributed by atoms with Crippen molar-refractivity contribution < 1.29 is 4.74 Å². The van der Waals surface area contributed by atoms with Gasteiger partial charge in [0.05, 0.1) is 6.04 Å². The van der Waals surface area contributed by atoms with Crippen LogP contribution in [-0.2, 0) is 0 Å². The number of rotatable bonds is 3. The zero-order chi connectivity index (χ0) is 13.2. The van der Waals surface area contributed by atoms with Crippen LogP contribution in [0.15, 0.2) is 40.7 Å². The predicted octanol–water partition coefficient (Wildman–Crippen LogP) is 3.54. The van der Waals surface area contributed by atoms with Crippen LogP contribution in [0, 0.1) is 0 Å². The highest BCUT2D eigenvalue weighted by atomic mass is 32.1. The van der Waals surface area contributed by atoms with Crippen molar-refractivity contribution in [3.05, 3.63) is 46.2 Å². The number of thiophene rings is 1. The van der Waals surface area contributed by atoms with Crippen LogP contribution in [0.25, 0.3) is 0 Å². The molecule has 0 saturated heterocycles. The first kappa shape index (κ1) is 12.4. The Balaban J connectivity index is 1.97. The Kier molecular flexibility index (Phi) is 3.36. The molecule has 1 aliphatic heterocycles. The van der Waals surface area contributed by atoms with Crippen LogP contribution in [0.4, 0.5) is 5.69 Å². The lowest BCUT2D eigenvalue weighted by Gasteiger charge is -2.20. The molecule has 0 bridgehead atoms. The zero-order valence-corrected chi connectivity index (χ0v) is 11.8. The number of hydrogen-bond donors (Lipinski definition) is 1. The van der Waals surface area contributed by atoms with E-state index >= 15 is 0 Å². The molecule has 3 nitrogen and oxygen atoms in total. The maximum atomic E-state index is 5.72. The summed E-state index contributed by atoms with van der Waals surface area (Å²) in [7, 11) is 1.98. The van der Waals surface area contributed by atoms with Gasteiger partial charge in [-0.1, -0.05) is 12.1 Å². The maximum absolute atomic E-state index is 5.72. The summed E-state index contributed by atoms with van der Waals surface area (Å²) in [6.07, 6.45) is 1.89. The van der Waals surface area contributed by atoms with E-state index in [1.54, 1.807) is 11.3 Å². The largest absolute Gasteiger partial charge is 0.483 e. The van der Waals surface area contributed by atoms with Gasteiger partial charge in [0.25, 0.3) is 0 Å². The number of benzene rings is 1. The second kappa shape index (κ2) is 5.15. The Hall–Kier alpha value is -1.65. The van der Waals surface area contributed by atoms with E-state index in [0.29, 0.717) is 0 Å². The quantitative estimate of drug-likeness (QED) is 0.927. The Bertz CT molecular complexity index is 592. The summed E-state index contributed by atoms with van der Waals surface area (Å²) < 4.78 is 5.72. The third-order valence-electron chi connectivity index (χ3n) is 3.17. The van der Waals surface area contributed by atoms with Crippen LogP contribution in [-0.4, -0.2) is 19.4 Å². The maximum Gasteiger partial charge on any atom is 0.145 e. The molecule has 0 fully saturated rings. The van der Waals surface area contributed by atoms with Gasteiger partial charge in [0.2, 0.25) is 0 Å². The fourth-order valence-corrected chi connectivity index (χ4v) is 3.12. The van der Waals surface area contributed by atoms with Crippen LogP contribution in [0.2, 0.25) is 0 Å². The third-order valence-corrected chi connectivity index (χ3v) is 4.11. The molecule has 2 atom stereocenters. The van der Waals surface area contributed by atoms with Gasteiger partial charge in [0.1, 0.15) is 17.5 Å². The van der Waals surface area contributed by atoms with Gasteiger partial charge in [0.15, 0.2) is 0 Å². The SMILES string of the molecule is CNC(c1ccc2c(c1)N=CC(C)O2)c1cccs1. The first-order valence-corrected chi connectivity index (χ1v) is 7.21. The summed E-state index contributed by atoms with van der Waals surface area (Å²) in [6.45, 7) is 1.99. The minimum Gasteiger partial charge on any atom is -0.483 e. The van der Waals surface area contributed by atoms with E-state index in [1.165, 1.54) is 10.4 Å². The van der Waals surface area contributed by atoms with Crippen molar-refractivity contribution in [3.63, 3.8) is 0 Å². The second-order valence-electron chi connectivity index (χ2n) is 4.57. The summed E-state index contributed by atoms with van der Waals surface area (Å²) in [4.78, 5) is 5.76. The van der Waals surface area contributed by atoms with Crippen molar-refractivity contribution in [1.82, 2.24) is 5.32 Å². The minimum atomic E-state index is 0.0516. The normalized spacial score (nSPS) is 18.7. The van der Waals surface area contributed by atoms with Gasteiger partial charge in [-0.2, -0.15) is 0 Å². The number of nitrogens with zero attached hydrogens (tertiary/aromatic N) is 1. The van der Waals surface area contributed by atoms with Crippen molar-refractivity contribution in [2.75, 3.05) is 7.05 Å². The number of fused-ring (bicyclic) bond motifs is 1. The predicted molar refractivity (Wildman–Crippen MR) is 79.9 cm³/mol. The molecule has 4 heteroatoms. The lowest BCUT2D eigenvalue weighted by molar-refractivity contribution is 0.288. The van der Waals surface area contributed by atoms with Crippen molar-refractivity contribution >= 4 is 23.2 Å². The monoisotopic (exact) mass is 272 g/mol. The van der Waals surface area contributed by atoms with Gasteiger partial charge in [-0.15, -0.1) is 11.3 Å². The summed E-state index contributed by atoms with van der Waals surface area (Å²) in [5.74, 6) is 0.861. The van der Waals surface area contributed by atoms with Gasteiger partial charge in [0, 0.05) is 11.1 Å². The molecule has 0 saturated carbocycles. The van der Waals surface area contributed by atoms with Crippen molar-refractivity contribution in [2.24, 2.45) is 4.99 Å². The molecule has 3 rings (SSSR count). The van der Waals surface area contributed by atoms with Crippen LogP contribution in [0.5, 0.6) is 5.75 Å². The number of nitrogens with one attached hydrogen (secondary N) is 1. The summed E-state index contributed by atoms with van der Waals surface area (Å²) in [5.41, 5.74) is 2.12. The Morgan fingerprint density at radius 1 is 1.37 bits per heavy atom. The molecule has 2 aromatic rings. The number of hydrogen-bond acceptors (Lipinski definition) is 4. The molecular weight excluding hydrogens is 256 g/mol. The summed E-state index contributed by atoms with van der Waals surface area (Å²) in [5, 5.41) is 5.45. The zero-order valence-electron chi connectivity index (χ0n) is 11.0. The standard InChI is InChI=1S/C15H16N2OS/c1-10-9-17-12-8-11(5-6-13(12)18-10)15(16-2)14-4-3-7-19-14/h3-10,15-16H,1-2H3. The molecule has 0 amide bonds. The third kappa shape index (κ3) is 2.41. The molecule has 2 unspecified atom stereocenters. The molecule has 1 aromatic carbocycles. The minimum absolute atomic E-state index is 0.0516. The molecule has 2 heterocycles. The summed E-state index contributed by atoms with van der Waals surface area (Å²) in [6, 6.07) is 10.6. The van der Waals surface area contributed by atoms with E-state index in [2.05, 4.69) is 40.0 Å². The Morgan fingerprint density at radius 3 is 3.00 bits per heavy atom. The van der Waals surface area contributed by atoms with Crippen molar-refractivity contribution in [1.29, 1.82) is 0 Å². The van der Waals surface area contributed by atoms with Crippen molar-refractivity contribution in [3.8, 4) is 5.75 Å². The molecule has 1 aliphatic rings. The van der Waals surface area contributed by atoms with E-state index in [-0.39, 0.29) is 12.1 Å². The first-order chi connectivity index (χ1) is 9.28. The fourth-order valence-electron chi connectivity index (χ4n) is 2.26. The lowest BCUT2D eigenvalue weighted by Crippen LogP contribution is -2.18. The first-order valence-electron chi connectivity index (χ1n) is 6.33. The van der Waals surface area contributed by atoms with Crippen LogP contribution in [0.3, 0.4) is 0 Å². The highest BCUT2D eigenvalue weighted by Gasteiger charge is 2.17. The Labute approximate surface area is 117 Å². The molecule has 19 heavy (non-hydrogen) atoms. The van der Waals surface area contributed by atoms with Gasteiger partial charge in [-0.25, -0.2) is 0 Å². The van der Waals surface area contributed by atoms with Crippen LogP contribution in [0.1, 0.15) is 23.4 Å². The average Bonchev–Trinajstić information content (AvgIpc) is 2.93. The fraction of sp³-hybridized carbons (Fsp3) is 0.267. The second-order valence-corrected chi connectivity index (χ2v) is 5.54. The van der Waals surface area contributed by atoms with E-state index in [1.807, 2.05) is 26.3 Å². The number of ether oxygens (including phenoxy) is 1. The molecule has 1 N–H and O–H groups in total. The average molecular weight is 272 g/mol. The van der Waals surface area contributed by atoms with Gasteiger partial charge in [-0.3, -0.25) is 4.99 Å². The summed E-state index contributed by atoms with van der Waals surface area (Å²) >= 11 is 1.76. The molecule has 1 aromatic heterocycles. The van der Waals surface area contributed by atoms with E-state index in [9.17, 15) is 0 Å². The molecule has 98 valence electrons. The lowest BCUT2D eigenvalue weighted by atomic mass is 10.0. The van der Waals surface area contributed by atoms with Crippen LogP contribution >= 0.6 is 11.3 Å². The van der Waals surface area contributed by atoms with E-state index < -0.39 is 0 Å².